The Bertz CT molecular complexity index is 1040. The predicted molar refractivity (Wildman–Crippen MR) is 128 cm³/mol. The molecule has 32 heavy (non-hydrogen) atoms. The number of amides is 1. The van der Waals surface area contributed by atoms with E-state index in [1.54, 1.807) is 24.3 Å². The van der Waals surface area contributed by atoms with Crippen molar-refractivity contribution in [3.8, 4) is 5.75 Å². The number of aryl methyl sites for hydroxylation is 1. The van der Waals surface area contributed by atoms with Gasteiger partial charge in [-0.1, -0.05) is 12.1 Å². The SMILES string of the molecule is CCOc1ccc(N(CC)S(=O)(=O)N2CCC[C@H](C(=O)Nc3cccc(C)c3C)C2)cc1. The summed E-state index contributed by atoms with van der Waals surface area (Å²) in [7, 11) is -3.76. The molecule has 0 bridgehead atoms. The van der Waals surface area contributed by atoms with Crippen molar-refractivity contribution in [3.63, 3.8) is 0 Å². The Hall–Kier alpha value is -2.58. The molecule has 1 heterocycles. The number of hydrogen-bond donors (Lipinski definition) is 1. The van der Waals surface area contributed by atoms with Crippen LogP contribution in [-0.4, -0.2) is 44.9 Å². The van der Waals surface area contributed by atoms with Gasteiger partial charge in [0, 0.05) is 25.3 Å². The number of nitrogens with one attached hydrogen (secondary N) is 1. The first kappa shape index (κ1) is 24.1. The van der Waals surface area contributed by atoms with Crippen molar-refractivity contribution < 1.29 is 17.9 Å². The number of anilines is 2. The normalized spacial score (nSPS) is 17.1. The van der Waals surface area contributed by atoms with Crippen LogP contribution < -0.4 is 14.4 Å². The lowest BCUT2D eigenvalue weighted by Crippen LogP contribution is -2.50. The van der Waals surface area contributed by atoms with E-state index in [1.165, 1.54) is 8.61 Å². The highest BCUT2D eigenvalue weighted by Gasteiger charge is 2.35. The summed E-state index contributed by atoms with van der Waals surface area (Å²) in [6, 6.07) is 12.8. The molecule has 0 unspecified atom stereocenters. The molecule has 2 aromatic carbocycles. The quantitative estimate of drug-likeness (QED) is 0.644. The number of carbonyl (C=O) groups is 1. The molecule has 1 fully saturated rings. The molecule has 1 N–H and O–H groups in total. The summed E-state index contributed by atoms with van der Waals surface area (Å²) in [5.74, 6) is 0.172. The van der Waals surface area contributed by atoms with Gasteiger partial charge in [0.05, 0.1) is 18.2 Å². The van der Waals surface area contributed by atoms with Crippen LogP contribution in [0, 0.1) is 19.8 Å². The molecule has 0 radical (unpaired) electrons. The maximum Gasteiger partial charge on any atom is 0.304 e. The summed E-state index contributed by atoms with van der Waals surface area (Å²) < 4.78 is 35.2. The van der Waals surface area contributed by atoms with Crippen molar-refractivity contribution in [2.75, 3.05) is 35.9 Å². The van der Waals surface area contributed by atoms with Gasteiger partial charge in [-0.05, 0) is 82.0 Å². The van der Waals surface area contributed by atoms with Crippen LogP contribution in [0.5, 0.6) is 5.75 Å². The minimum absolute atomic E-state index is 0.136. The van der Waals surface area contributed by atoms with Gasteiger partial charge < -0.3 is 10.1 Å². The fourth-order valence-electron chi connectivity index (χ4n) is 3.98. The molecule has 3 rings (SSSR count). The van der Waals surface area contributed by atoms with Crippen molar-refractivity contribution in [3.05, 3.63) is 53.6 Å². The van der Waals surface area contributed by atoms with Crippen LogP contribution in [0.1, 0.15) is 37.8 Å². The Labute approximate surface area is 191 Å². The monoisotopic (exact) mass is 459 g/mol. The standard InChI is InChI=1S/C24H33N3O4S/c1-5-27(21-12-14-22(15-13-21)31-6-2)32(29,30)26-16-8-10-20(17-26)24(28)25-23-11-7-9-18(3)19(23)4/h7,9,11-15,20H,5-6,8,10,16-17H2,1-4H3,(H,25,28)/t20-/m0/s1. The van der Waals surface area contributed by atoms with Crippen LogP contribution in [0.15, 0.2) is 42.5 Å². The maximum atomic E-state index is 13.4. The first-order chi connectivity index (χ1) is 15.3. The molecule has 1 amide bonds. The van der Waals surface area contributed by atoms with Gasteiger partial charge in [0.25, 0.3) is 0 Å². The van der Waals surface area contributed by atoms with Crippen LogP contribution >= 0.6 is 0 Å². The number of carbonyl (C=O) groups excluding carboxylic acids is 1. The second kappa shape index (κ2) is 10.4. The van der Waals surface area contributed by atoms with Crippen molar-refractivity contribution in [1.29, 1.82) is 0 Å². The third kappa shape index (κ3) is 5.24. The summed E-state index contributed by atoms with van der Waals surface area (Å²) in [6.07, 6.45) is 1.31. The molecule has 1 saturated heterocycles. The van der Waals surface area contributed by atoms with Crippen molar-refractivity contribution in [1.82, 2.24) is 4.31 Å². The predicted octanol–water partition coefficient (Wildman–Crippen LogP) is 4.12. The summed E-state index contributed by atoms with van der Waals surface area (Å²) in [4.78, 5) is 13.0. The number of rotatable bonds is 8. The molecule has 0 spiro atoms. The molecule has 0 aliphatic carbocycles. The van der Waals surface area contributed by atoms with Crippen LogP contribution in [0.2, 0.25) is 0 Å². The average molecular weight is 460 g/mol. The largest absolute Gasteiger partial charge is 0.494 e. The summed E-state index contributed by atoms with van der Waals surface area (Å²) in [6.45, 7) is 9.11. The molecule has 174 valence electrons. The molecule has 0 aromatic heterocycles. The van der Waals surface area contributed by atoms with Gasteiger partial charge in [0.2, 0.25) is 5.91 Å². The smallest absolute Gasteiger partial charge is 0.304 e. The molecule has 1 aliphatic heterocycles. The molecule has 7 nitrogen and oxygen atoms in total. The van der Waals surface area contributed by atoms with Gasteiger partial charge in [-0.3, -0.25) is 9.10 Å². The summed E-state index contributed by atoms with van der Waals surface area (Å²) >= 11 is 0. The number of nitrogens with zero attached hydrogens (tertiary/aromatic N) is 2. The Kier molecular flexibility index (Phi) is 7.79. The molecule has 8 heteroatoms. The second-order valence-electron chi connectivity index (χ2n) is 8.03. The molecular weight excluding hydrogens is 426 g/mol. The molecule has 1 atom stereocenters. The first-order valence-corrected chi connectivity index (χ1v) is 12.5. The van der Waals surface area contributed by atoms with Gasteiger partial charge in [-0.25, -0.2) is 0 Å². The van der Waals surface area contributed by atoms with Crippen LogP contribution in [0.3, 0.4) is 0 Å². The average Bonchev–Trinajstić information content (AvgIpc) is 2.78. The van der Waals surface area contributed by atoms with E-state index in [-0.39, 0.29) is 12.5 Å². The fraction of sp³-hybridized carbons (Fsp3) is 0.458. The lowest BCUT2D eigenvalue weighted by Gasteiger charge is -2.35. The highest BCUT2D eigenvalue weighted by atomic mass is 32.2. The van der Waals surface area contributed by atoms with Gasteiger partial charge in [0.1, 0.15) is 5.75 Å². The van der Waals surface area contributed by atoms with E-state index in [9.17, 15) is 13.2 Å². The lowest BCUT2D eigenvalue weighted by molar-refractivity contribution is -0.120. The van der Waals surface area contributed by atoms with E-state index in [2.05, 4.69) is 5.32 Å². The lowest BCUT2D eigenvalue weighted by atomic mass is 9.98. The van der Waals surface area contributed by atoms with Gasteiger partial charge in [0.15, 0.2) is 0 Å². The van der Waals surface area contributed by atoms with Crippen LogP contribution in [0.25, 0.3) is 0 Å². The fourth-order valence-corrected chi connectivity index (χ4v) is 5.70. The van der Waals surface area contributed by atoms with E-state index in [0.717, 1.165) is 16.8 Å². The highest BCUT2D eigenvalue weighted by molar-refractivity contribution is 7.90. The third-order valence-electron chi connectivity index (χ3n) is 5.95. The van der Waals surface area contributed by atoms with Gasteiger partial charge in [-0.15, -0.1) is 0 Å². The number of piperidine rings is 1. The maximum absolute atomic E-state index is 13.4. The topological polar surface area (TPSA) is 79.0 Å². The van der Waals surface area contributed by atoms with E-state index < -0.39 is 16.1 Å². The molecule has 0 saturated carbocycles. The van der Waals surface area contributed by atoms with E-state index in [4.69, 9.17) is 4.74 Å². The first-order valence-electron chi connectivity index (χ1n) is 11.2. The zero-order chi connectivity index (χ0) is 23.3. The number of ether oxygens (including phenoxy) is 1. The van der Waals surface area contributed by atoms with Crippen LogP contribution in [-0.2, 0) is 15.0 Å². The van der Waals surface area contributed by atoms with Crippen LogP contribution in [0.4, 0.5) is 11.4 Å². The Morgan fingerprint density at radius 1 is 1.16 bits per heavy atom. The van der Waals surface area contributed by atoms with E-state index in [0.29, 0.717) is 44.0 Å². The van der Waals surface area contributed by atoms with Crippen molar-refractivity contribution >= 4 is 27.5 Å². The van der Waals surface area contributed by atoms with Crippen molar-refractivity contribution in [2.24, 2.45) is 5.92 Å². The molecule has 2 aromatic rings. The Morgan fingerprint density at radius 2 is 1.88 bits per heavy atom. The number of hydrogen-bond acceptors (Lipinski definition) is 4. The highest BCUT2D eigenvalue weighted by Crippen LogP contribution is 2.28. The van der Waals surface area contributed by atoms with Crippen molar-refractivity contribution in [2.45, 2.75) is 40.5 Å². The number of benzene rings is 2. The minimum Gasteiger partial charge on any atom is -0.494 e. The third-order valence-corrected chi connectivity index (χ3v) is 7.96. The second-order valence-corrected chi connectivity index (χ2v) is 9.89. The Morgan fingerprint density at radius 3 is 2.53 bits per heavy atom. The zero-order valence-corrected chi connectivity index (χ0v) is 20.1. The molecular formula is C24H33N3O4S. The summed E-state index contributed by atoms with van der Waals surface area (Å²) in [5.41, 5.74) is 3.48. The molecule has 1 aliphatic rings. The van der Waals surface area contributed by atoms with E-state index >= 15 is 0 Å². The Balaban J connectivity index is 1.74. The minimum atomic E-state index is -3.76. The summed E-state index contributed by atoms with van der Waals surface area (Å²) in [5, 5.41) is 3.00. The zero-order valence-electron chi connectivity index (χ0n) is 19.3. The van der Waals surface area contributed by atoms with Gasteiger partial charge >= 0.3 is 10.2 Å². The van der Waals surface area contributed by atoms with E-state index in [1.807, 2.05) is 45.9 Å². The van der Waals surface area contributed by atoms with Gasteiger partial charge in [-0.2, -0.15) is 12.7 Å².